The molecule has 130 valence electrons. The number of carbonyl (C=O) groups excluding carboxylic acids is 1. The van der Waals surface area contributed by atoms with E-state index in [9.17, 15) is 4.79 Å². The Morgan fingerprint density at radius 3 is 1.73 bits per heavy atom. The smallest absolute Gasteiger partial charge is 0.306 e. The average molecular weight is 342 g/mol. The van der Waals surface area contributed by atoms with E-state index in [1.165, 1.54) is 7.11 Å². The van der Waals surface area contributed by atoms with Gasteiger partial charge < -0.3 is 4.74 Å². The van der Waals surface area contributed by atoms with E-state index in [2.05, 4.69) is 42.5 Å². The molecule has 0 aliphatic carbocycles. The highest BCUT2D eigenvalue weighted by Crippen LogP contribution is 2.30. The Hall–Kier alpha value is -3.13. The molecule has 0 saturated carbocycles. The number of allylic oxidation sites excluding steroid dienone is 1. The van der Waals surface area contributed by atoms with Crippen LogP contribution in [0.1, 0.15) is 29.0 Å². The molecule has 0 aromatic heterocycles. The zero-order valence-electron chi connectivity index (χ0n) is 14.8. The lowest BCUT2D eigenvalue weighted by atomic mass is 9.89. The summed E-state index contributed by atoms with van der Waals surface area (Å²) in [6, 6.07) is 30.6. The van der Waals surface area contributed by atoms with Crippen molar-refractivity contribution in [2.75, 3.05) is 7.11 Å². The average Bonchev–Trinajstić information content (AvgIpc) is 2.72. The van der Waals surface area contributed by atoms with Gasteiger partial charge in [-0.3, -0.25) is 4.79 Å². The molecule has 1 atom stereocenters. The Morgan fingerprint density at radius 2 is 1.27 bits per heavy atom. The Kier molecular flexibility index (Phi) is 6.00. The van der Waals surface area contributed by atoms with Gasteiger partial charge in [0.15, 0.2) is 0 Å². The zero-order valence-corrected chi connectivity index (χ0v) is 14.8. The van der Waals surface area contributed by atoms with Crippen LogP contribution in [0.3, 0.4) is 0 Å². The topological polar surface area (TPSA) is 26.3 Å². The zero-order chi connectivity index (χ0) is 18.2. The van der Waals surface area contributed by atoms with Gasteiger partial charge in [0, 0.05) is 5.92 Å². The van der Waals surface area contributed by atoms with E-state index in [1.54, 1.807) is 0 Å². The highest BCUT2D eigenvalue weighted by atomic mass is 16.5. The predicted molar refractivity (Wildman–Crippen MR) is 106 cm³/mol. The van der Waals surface area contributed by atoms with Gasteiger partial charge in [0.2, 0.25) is 0 Å². The van der Waals surface area contributed by atoms with Crippen LogP contribution in [0.4, 0.5) is 0 Å². The van der Waals surface area contributed by atoms with Crippen molar-refractivity contribution < 1.29 is 9.53 Å². The fraction of sp³-hybridized carbons (Fsp3) is 0.125. The molecule has 0 amide bonds. The first-order valence-corrected chi connectivity index (χ1v) is 8.72. The maximum Gasteiger partial charge on any atom is 0.306 e. The van der Waals surface area contributed by atoms with Gasteiger partial charge in [0.1, 0.15) is 0 Å². The Labute approximate surface area is 154 Å². The highest BCUT2D eigenvalue weighted by Gasteiger charge is 2.16. The lowest BCUT2D eigenvalue weighted by Gasteiger charge is -2.16. The van der Waals surface area contributed by atoms with Crippen LogP contribution in [0.5, 0.6) is 0 Å². The van der Waals surface area contributed by atoms with Crippen molar-refractivity contribution in [3.63, 3.8) is 0 Å². The molecule has 0 aliphatic rings. The molecule has 3 rings (SSSR count). The van der Waals surface area contributed by atoms with Crippen LogP contribution < -0.4 is 0 Å². The summed E-state index contributed by atoms with van der Waals surface area (Å²) in [6.45, 7) is 0. The fourth-order valence-electron chi connectivity index (χ4n) is 3.03. The third-order valence-electron chi connectivity index (χ3n) is 4.38. The van der Waals surface area contributed by atoms with Gasteiger partial charge in [-0.1, -0.05) is 97.1 Å². The molecular formula is C24H22O2. The molecule has 26 heavy (non-hydrogen) atoms. The van der Waals surface area contributed by atoms with Crippen LogP contribution >= 0.6 is 0 Å². The Morgan fingerprint density at radius 1 is 0.808 bits per heavy atom. The molecule has 0 heterocycles. The number of hydrogen-bond acceptors (Lipinski definition) is 2. The van der Waals surface area contributed by atoms with Gasteiger partial charge in [-0.25, -0.2) is 0 Å². The van der Waals surface area contributed by atoms with Crippen LogP contribution in [0.15, 0.2) is 97.1 Å². The molecule has 0 fully saturated rings. The van der Waals surface area contributed by atoms with E-state index < -0.39 is 0 Å². The van der Waals surface area contributed by atoms with Crippen molar-refractivity contribution in [1.29, 1.82) is 0 Å². The van der Waals surface area contributed by atoms with E-state index in [0.717, 1.165) is 22.3 Å². The quantitative estimate of drug-likeness (QED) is 0.556. The van der Waals surface area contributed by atoms with Crippen molar-refractivity contribution in [3.8, 4) is 0 Å². The Bertz CT molecular complexity index is 811. The van der Waals surface area contributed by atoms with E-state index in [1.807, 2.05) is 54.6 Å². The van der Waals surface area contributed by atoms with Crippen LogP contribution in [0, 0.1) is 0 Å². The summed E-state index contributed by atoms with van der Waals surface area (Å²) in [5.41, 5.74) is 4.47. The highest BCUT2D eigenvalue weighted by molar-refractivity contribution is 5.81. The van der Waals surface area contributed by atoms with Crippen LogP contribution in [-0.4, -0.2) is 13.1 Å². The minimum Gasteiger partial charge on any atom is -0.469 e. The van der Waals surface area contributed by atoms with E-state index in [-0.39, 0.29) is 11.9 Å². The number of ether oxygens (including phenoxy) is 1. The fourth-order valence-corrected chi connectivity index (χ4v) is 3.03. The maximum absolute atomic E-state index is 12.0. The van der Waals surface area contributed by atoms with E-state index in [0.29, 0.717) is 6.42 Å². The third kappa shape index (κ3) is 4.48. The van der Waals surface area contributed by atoms with Crippen LogP contribution in [0.25, 0.3) is 5.57 Å². The molecule has 0 radical (unpaired) electrons. The summed E-state index contributed by atoms with van der Waals surface area (Å²) in [5.74, 6) is -0.269. The van der Waals surface area contributed by atoms with Gasteiger partial charge in [0.05, 0.1) is 13.5 Å². The van der Waals surface area contributed by atoms with Crippen molar-refractivity contribution in [1.82, 2.24) is 0 Å². The number of methoxy groups -OCH3 is 1. The number of esters is 1. The number of carbonyl (C=O) groups is 1. The summed E-state index contributed by atoms with van der Waals surface area (Å²) in [6.07, 6.45) is 2.49. The summed E-state index contributed by atoms with van der Waals surface area (Å²) in [5, 5.41) is 0. The molecule has 3 aromatic carbocycles. The van der Waals surface area contributed by atoms with Gasteiger partial charge in [-0.05, 0) is 22.3 Å². The minimum absolute atomic E-state index is 0.0564. The molecule has 3 aromatic rings. The number of rotatable bonds is 6. The van der Waals surface area contributed by atoms with Crippen LogP contribution in [-0.2, 0) is 9.53 Å². The second-order valence-electron chi connectivity index (χ2n) is 6.11. The first kappa shape index (κ1) is 17.7. The lowest BCUT2D eigenvalue weighted by Crippen LogP contribution is -2.08. The van der Waals surface area contributed by atoms with Crippen molar-refractivity contribution in [2.45, 2.75) is 12.3 Å². The molecule has 1 unspecified atom stereocenters. The van der Waals surface area contributed by atoms with E-state index in [4.69, 9.17) is 4.74 Å². The van der Waals surface area contributed by atoms with Gasteiger partial charge in [0.25, 0.3) is 0 Å². The van der Waals surface area contributed by atoms with Gasteiger partial charge in [-0.2, -0.15) is 0 Å². The van der Waals surface area contributed by atoms with E-state index >= 15 is 0 Å². The number of hydrogen-bond donors (Lipinski definition) is 0. The molecule has 0 bridgehead atoms. The van der Waals surface area contributed by atoms with Crippen molar-refractivity contribution in [2.24, 2.45) is 0 Å². The van der Waals surface area contributed by atoms with Gasteiger partial charge >= 0.3 is 5.97 Å². The normalized spacial score (nSPS) is 11.4. The first-order chi connectivity index (χ1) is 12.8. The summed E-state index contributed by atoms with van der Waals surface area (Å²) < 4.78 is 4.93. The second-order valence-corrected chi connectivity index (χ2v) is 6.11. The molecule has 0 N–H and O–H groups in total. The van der Waals surface area contributed by atoms with Crippen LogP contribution in [0.2, 0.25) is 0 Å². The lowest BCUT2D eigenvalue weighted by molar-refractivity contribution is -0.140. The first-order valence-electron chi connectivity index (χ1n) is 8.72. The van der Waals surface area contributed by atoms with Crippen molar-refractivity contribution >= 4 is 11.5 Å². The molecule has 2 nitrogen and oxygen atoms in total. The maximum atomic E-state index is 12.0. The molecular weight excluding hydrogens is 320 g/mol. The molecule has 0 spiro atoms. The molecule has 2 heteroatoms. The summed E-state index contributed by atoms with van der Waals surface area (Å²) in [4.78, 5) is 12.0. The molecule has 0 saturated heterocycles. The number of benzene rings is 3. The minimum atomic E-state index is -0.212. The Balaban J connectivity index is 2.09. The standard InChI is InChI=1S/C24H22O2/c1-26-24(25)18-22(19-11-5-2-6-12-19)17-23(20-13-7-3-8-14-20)21-15-9-4-10-16-21/h2-17,22H,18H2,1H3. The second kappa shape index (κ2) is 8.82. The monoisotopic (exact) mass is 342 g/mol. The summed E-state index contributed by atoms with van der Waals surface area (Å²) in [7, 11) is 1.43. The van der Waals surface area contributed by atoms with Gasteiger partial charge in [-0.15, -0.1) is 0 Å². The largest absolute Gasteiger partial charge is 0.469 e. The molecule has 0 aliphatic heterocycles. The predicted octanol–water partition coefficient (Wildman–Crippen LogP) is 5.47. The van der Waals surface area contributed by atoms with Crippen molar-refractivity contribution in [3.05, 3.63) is 114 Å². The summed E-state index contributed by atoms with van der Waals surface area (Å²) >= 11 is 0. The SMILES string of the molecule is COC(=O)CC(C=C(c1ccccc1)c1ccccc1)c1ccccc1. The third-order valence-corrected chi connectivity index (χ3v) is 4.38.